The quantitative estimate of drug-likeness (QED) is 0.841. The van der Waals surface area contributed by atoms with Gasteiger partial charge in [0, 0.05) is 25.5 Å². The zero-order valence-corrected chi connectivity index (χ0v) is 15.3. The maximum absolute atomic E-state index is 12.7. The highest BCUT2D eigenvalue weighted by molar-refractivity contribution is 5.80. The predicted molar refractivity (Wildman–Crippen MR) is 96.7 cm³/mol. The second-order valence-electron chi connectivity index (χ2n) is 6.70. The van der Waals surface area contributed by atoms with Crippen LogP contribution in [0.15, 0.2) is 42.9 Å². The fourth-order valence-electron chi connectivity index (χ4n) is 3.23. The summed E-state index contributed by atoms with van der Waals surface area (Å²) in [7, 11) is 0. The van der Waals surface area contributed by atoms with Crippen LogP contribution in [-0.2, 0) is 4.79 Å². The first-order valence-corrected chi connectivity index (χ1v) is 8.99. The summed E-state index contributed by atoms with van der Waals surface area (Å²) >= 11 is 0. The van der Waals surface area contributed by atoms with Gasteiger partial charge in [-0.2, -0.15) is 0 Å². The number of nitrogens with zero attached hydrogens (tertiary/aromatic N) is 3. The summed E-state index contributed by atoms with van der Waals surface area (Å²) in [6.07, 6.45) is 1.81. The second kappa shape index (κ2) is 8.45. The number of hydrogen-bond acceptors (Lipinski definition) is 5. The third-order valence-electron chi connectivity index (χ3n) is 4.64. The molecule has 1 saturated heterocycles. The molecule has 1 aliphatic heterocycles. The highest BCUT2D eigenvalue weighted by Gasteiger charge is 2.31. The molecule has 1 aromatic carbocycles. The first kappa shape index (κ1) is 19.9. The van der Waals surface area contributed by atoms with Crippen molar-refractivity contribution < 1.29 is 22.7 Å². The van der Waals surface area contributed by atoms with Crippen molar-refractivity contribution >= 4 is 11.7 Å². The molecule has 1 aromatic heterocycles. The number of aromatic nitrogens is 2. The van der Waals surface area contributed by atoms with Gasteiger partial charge in [0.15, 0.2) is 0 Å². The summed E-state index contributed by atoms with van der Waals surface area (Å²) in [4.78, 5) is 23.0. The number of ether oxygens (including phenoxy) is 1. The lowest BCUT2D eigenvalue weighted by molar-refractivity contribution is -0.274. The van der Waals surface area contributed by atoms with E-state index in [9.17, 15) is 18.0 Å². The molecule has 0 radical (unpaired) electrons. The molecule has 3 rings (SSSR count). The van der Waals surface area contributed by atoms with E-state index in [1.54, 1.807) is 25.5 Å². The molecule has 0 saturated carbocycles. The highest BCUT2D eigenvalue weighted by atomic mass is 19.4. The molecule has 150 valence electrons. The number of hydrogen-bond donors (Lipinski definition) is 1. The number of anilines is 1. The third-order valence-corrected chi connectivity index (χ3v) is 4.64. The Bertz CT molecular complexity index is 784. The zero-order chi connectivity index (χ0) is 20.1. The van der Waals surface area contributed by atoms with Crippen LogP contribution in [0.25, 0.3) is 0 Å². The molecule has 1 amide bonds. The summed E-state index contributed by atoms with van der Waals surface area (Å²) in [6.45, 7) is 3.16. The van der Waals surface area contributed by atoms with E-state index in [2.05, 4.69) is 20.0 Å². The van der Waals surface area contributed by atoms with Gasteiger partial charge in [0.25, 0.3) is 0 Å². The Morgan fingerprint density at radius 3 is 2.68 bits per heavy atom. The van der Waals surface area contributed by atoms with Crippen molar-refractivity contribution in [2.45, 2.75) is 32.2 Å². The van der Waals surface area contributed by atoms with Gasteiger partial charge in [0.05, 0.1) is 18.2 Å². The molecule has 28 heavy (non-hydrogen) atoms. The molecule has 1 aliphatic rings. The third kappa shape index (κ3) is 5.34. The van der Waals surface area contributed by atoms with Crippen LogP contribution < -0.4 is 15.0 Å². The van der Waals surface area contributed by atoms with Gasteiger partial charge in [0.1, 0.15) is 11.6 Å². The topological polar surface area (TPSA) is 67.4 Å². The van der Waals surface area contributed by atoms with Gasteiger partial charge < -0.3 is 15.0 Å². The van der Waals surface area contributed by atoms with Gasteiger partial charge in [-0.1, -0.05) is 12.1 Å². The van der Waals surface area contributed by atoms with Crippen LogP contribution in [0.2, 0.25) is 0 Å². The number of amides is 1. The average molecular weight is 394 g/mol. The van der Waals surface area contributed by atoms with Crippen molar-refractivity contribution in [1.29, 1.82) is 0 Å². The van der Waals surface area contributed by atoms with Crippen molar-refractivity contribution in [3.05, 3.63) is 48.4 Å². The monoisotopic (exact) mass is 394 g/mol. The van der Waals surface area contributed by atoms with Crippen LogP contribution in [0.5, 0.6) is 5.75 Å². The number of nitrogens with one attached hydrogen (secondary N) is 1. The van der Waals surface area contributed by atoms with E-state index in [1.165, 1.54) is 24.3 Å². The van der Waals surface area contributed by atoms with Gasteiger partial charge in [-0.25, -0.2) is 4.98 Å². The summed E-state index contributed by atoms with van der Waals surface area (Å²) in [5.41, 5.74) is 0.699. The van der Waals surface area contributed by atoms with Crippen LogP contribution in [0, 0.1) is 5.92 Å². The Kier molecular flexibility index (Phi) is 6.01. The minimum Gasteiger partial charge on any atom is -0.406 e. The Hall–Kier alpha value is -2.84. The number of rotatable bonds is 5. The van der Waals surface area contributed by atoms with Crippen LogP contribution in [0.4, 0.5) is 19.0 Å². The molecule has 1 N–H and O–H groups in total. The van der Waals surface area contributed by atoms with Crippen molar-refractivity contribution in [3.63, 3.8) is 0 Å². The highest BCUT2D eigenvalue weighted by Crippen LogP contribution is 2.25. The average Bonchev–Trinajstić information content (AvgIpc) is 2.68. The normalized spacial score (nSPS) is 18.4. The van der Waals surface area contributed by atoms with E-state index in [-0.39, 0.29) is 23.6 Å². The van der Waals surface area contributed by atoms with Gasteiger partial charge >= 0.3 is 6.36 Å². The lowest BCUT2D eigenvalue weighted by atomic mass is 9.96. The van der Waals surface area contributed by atoms with Crippen LogP contribution >= 0.6 is 0 Å². The maximum atomic E-state index is 12.7. The number of alkyl halides is 3. The van der Waals surface area contributed by atoms with Gasteiger partial charge in [0.2, 0.25) is 5.91 Å². The fraction of sp³-hybridized carbons (Fsp3) is 0.421. The number of benzene rings is 1. The van der Waals surface area contributed by atoms with E-state index < -0.39 is 6.36 Å². The molecule has 0 bridgehead atoms. The molecule has 9 heteroatoms. The molecule has 0 aliphatic carbocycles. The summed E-state index contributed by atoms with van der Waals surface area (Å²) in [5.74, 6) is 0.178. The second-order valence-corrected chi connectivity index (χ2v) is 6.70. The van der Waals surface area contributed by atoms with Crippen LogP contribution in [0.1, 0.15) is 31.4 Å². The number of piperidine rings is 1. The Morgan fingerprint density at radius 1 is 1.29 bits per heavy atom. The van der Waals surface area contributed by atoms with Gasteiger partial charge in [-0.15, -0.1) is 13.2 Å². The molecule has 0 spiro atoms. The molecule has 6 nitrogen and oxygen atoms in total. The number of carbonyl (C=O) groups excluding carboxylic acids is 1. The molecule has 2 heterocycles. The summed E-state index contributed by atoms with van der Waals surface area (Å²) < 4.78 is 40.6. The number of carbonyl (C=O) groups is 1. The van der Waals surface area contributed by atoms with Gasteiger partial charge in [-0.05, 0) is 37.5 Å². The smallest absolute Gasteiger partial charge is 0.406 e. The zero-order valence-electron chi connectivity index (χ0n) is 15.3. The summed E-state index contributed by atoms with van der Waals surface area (Å²) in [5, 5.41) is 2.94. The number of halogens is 3. The lowest BCUT2D eigenvalue weighted by Crippen LogP contribution is -2.44. The van der Waals surface area contributed by atoms with Crippen molar-refractivity contribution in [1.82, 2.24) is 15.3 Å². The van der Waals surface area contributed by atoms with Gasteiger partial charge in [-0.3, -0.25) is 9.78 Å². The first-order valence-electron chi connectivity index (χ1n) is 8.99. The minimum absolute atomic E-state index is 0.0864. The van der Waals surface area contributed by atoms with Crippen molar-refractivity contribution in [2.75, 3.05) is 18.0 Å². The minimum atomic E-state index is -4.72. The molecule has 1 fully saturated rings. The summed E-state index contributed by atoms with van der Waals surface area (Å²) in [6, 6.07) is 5.17. The van der Waals surface area contributed by atoms with E-state index in [0.717, 1.165) is 25.2 Å². The maximum Gasteiger partial charge on any atom is 0.573 e. The lowest BCUT2D eigenvalue weighted by Gasteiger charge is -2.33. The van der Waals surface area contributed by atoms with Crippen LogP contribution in [0.3, 0.4) is 0 Å². The molecule has 2 unspecified atom stereocenters. The fourth-order valence-corrected chi connectivity index (χ4v) is 3.23. The molecular weight excluding hydrogens is 373 g/mol. The SMILES string of the molecule is CC(NC(=O)C1CCCN(c2cnccn2)C1)c1ccc(OC(F)(F)F)cc1. The standard InChI is InChI=1S/C19H21F3N4O2/c1-13(14-4-6-16(7-5-14)28-19(20,21)22)25-18(27)15-3-2-10-26(12-15)17-11-23-8-9-24-17/h4-9,11,13,15H,2-3,10,12H2,1H3,(H,25,27). The van der Waals surface area contributed by atoms with Crippen LogP contribution in [-0.4, -0.2) is 35.3 Å². The van der Waals surface area contributed by atoms with E-state index in [1.807, 2.05) is 4.90 Å². The van der Waals surface area contributed by atoms with Crippen molar-refractivity contribution in [3.8, 4) is 5.75 Å². The Balaban J connectivity index is 1.57. The van der Waals surface area contributed by atoms with Crippen molar-refractivity contribution in [2.24, 2.45) is 5.92 Å². The Morgan fingerprint density at radius 2 is 2.04 bits per heavy atom. The largest absolute Gasteiger partial charge is 0.573 e. The van der Waals surface area contributed by atoms with E-state index in [0.29, 0.717) is 12.1 Å². The molecular formula is C19H21F3N4O2. The molecule has 2 atom stereocenters. The first-order chi connectivity index (χ1) is 13.3. The molecule has 2 aromatic rings. The Labute approximate surface area is 160 Å². The predicted octanol–water partition coefficient (Wildman–Crippen LogP) is 3.47. The van der Waals surface area contributed by atoms with E-state index >= 15 is 0 Å². The van der Waals surface area contributed by atoms with E-state index in [4.69, 9.17) is 0 Å².